The molecule has 1 aromatic heterocycles. The van der Waals surface area contributed by atoms with Crippen molar-refractivity contribution in [2.75, 3.05) is 19.0 Å². The van der Waals surface area contributed by atoms with Gasteiger partial charge in [-0.3, -0.25) is 9.98 Å². The fraction of sp³-hybridized carbons (Fsp3) is 0.133. The van der Waals surface area contributed by atoms with Gasteiger partial charge in [0.05, 0.1) is 17.6 Å². The standard InChI is InChI=1S/C14H15N3.CH3.HI.Os/c1-17(2)14-8-6-12(7-9-14)16-11-13-5-3-4-10-15-13;;;/h3-11H,1-2H3;1H3;1H;/q;-1;;+1/p-1. The van der Waals surface area contributed by atoms with Crippen molar-refractivity contribution in [2.24, 2.45) is 4.99 Å². The molecule has 0 saturated heterocycles. The van der Waals surface area contributed by atoms with E-state index in [2.05, 4.69) is 34.5 Å². The summed E-state index contributed by atoms with van der Waals surface area (Å²) in [6, 6.07) is 13.9. The first-order chi connectivity index (χ1) is 9.25. The molecule has 0 unspecified atom stereocenters. The molecule has 2 aromatic rings. The summed E-state index contributed by atoms with van der Waals surface area (Å²) in [5, 5.41) is 0. The SMILES string of the molecule is CN(C)c1ccc(N=Cc2ccccn2)cc1.[CH3-].[I][Os]. The molecule has 0 saturated carbocycles. The zero-order chi connectivity index (χ0) is 14.1. The normalized spacial score (nSPS) is 9.40. The van der Waals surface area contributed by atoms with Crippen LogP contribution in [0.2, 0.25) is 0 Å². The van der Waals surface area contributed by atoms with E-state index in [4.69, 9.17) is 0 Å². The minimum atomic E-state index is 0. The molecule has 2 rings (SSSR count). The monoisotopic (exact) mass is 559 g/mol. The summed E-state index contributed by atoms with van der Waals surface area (Å²) in [6.07, 6.45) is 3.53. The van der Waals surface area contributed by atoms with E-state index in [0.717, 1.165) is 11.4 Å². The molecular formula is C15H18IN3Os-. The van der Waals surface area contributed by atoms with Gasteiger partial charge < -0.3 is 12.3 Å². The Morgan fingerprint density at radius 1 is 1.10 bits per heavy atom. The maximum atomic E-state index is 4.37. The van der Waals surface area contributed by atoms with Crippen LogP contribution in [0.25, 0.3) is 0 Å². The Morgan fingerprint density at radius 2 is 1.75 bits per heavy atom. The number of aromatic nitrogens is 1. The molecule has 0 radical (unpaired) electrons. The third kappa shape index (κ3) is 6.58. The Kier molecular flexibility index (Phi) is 10.5. The number of halogens is 1. The van der Waals surface area contributed by atoms with E-state index in [9.17, 15) is 0 Å². The summed E-state index contributed by atoms with van der Waals surface area (Å²) in [6.45, 7) is 0. The number of rotatable bonds is 3. The van der Waals surface area contributed by atoms with Crippen LogP contribution in [0.15, 0.2) is 53.7 Å². The number of anilines is 1. The fourth-order valence-corrected chi connectivity index (χ4v) is 1.43. The van der Waals surface area contributed by atoms with Crippen molar-refractivity contribution in [3.63, 3.8) is 0 Å². The molecule has 0 N–H and O–H groups in total. The number of aliphatic imine (C=N–C) groups is 1. The fourth-order valence-electron chi connectivity index (χ4n) is 1.43. The van der Waals surface area contributed by atoms with E-state index < -0.39 is 0 Å². The predicted octanol–water partition coefficient (Wildman–Crippen LogP) is 4.23. The van der Waals surface area contributed by atoms with Crippen LogP contribution in [0, 0.1) is 7.43 Å². The molecule has 1 heterocycles. The van der Waals surface area contributed by atoms with Gasteiger partial charge in [0.2, 0.25) is 0 Å². The number of pyridine rings is 1. The van der Waals surface area contributed by atoms with E-state index >= 15 is 0 Å². The van der Waals surface area contributed by atoms with Gasteiger partial charge in [-0.2, -0.15) is 0 Å². The summed E-state index contributed by atoms with van der Waals surface area (Å²) in [5.41, 5.74) is 2.97. The van der Waals surface area contributed by atoms with Crippen LogP contribution in [0.1, 0.15) is 5.69 Å². The summed E-state index contributed by atoms with van der Waals surface area (Å²) in [7, 11) is 4.04. The van der Waals surface area contributed by atoms with E-state index in [1.165, 1.54) is 5.69 Å². The first-order valence-electron chi connectivity index (χ1n) is 5.61. The first kappa shape index (κ1) is 19.2. The van der Waals surface area contributed by atoms with Crippen LogP contribution in [-0.4, -0.2) is 25.3 Å². The number of hydrogen-bond donors (Lipinski definition) is 0. The molecule has 109 valence electrons. The number of nitrogens with zero attached hydrogens (tertiary/aromatic N) is 3. The van der Waals surface area contributed by atoms with Crippen molar-refractivity contribution < 1.29 is 15.1 Å². The van der Waals surface area contributed by atoms with Gasteiger partial charge in [-0.05, 0) is 36.4 Å². The Morgan fingerprint density at radius 3 is 2.25 bits per heavy atom. The molecule has 1 aromatic carbocycles. The van der Waals surface area contributed by atoms with Crippen molar-refractivity contribution >= 4 is 37.3 Å². The molecule has 0 amide bonds. The second kappa shape index (κ2) is 10.9. The van der Waals surface area contributed by atoms with Gasteiger partial charge in [-0.15, -0.1) is 0 Å². The van der Waals surface area contributed by atoms with E-state index in [1.807, 2.05) is 71.6 Å². The second-order valence-corrected chi connectivity index (χ2v) is 3.92. The van der Waals surface area contributed by atoms with Gasteiger partial charge in [0.1, 0.15) is 0 Å². The van der Waals surface area contributed by atoms with Gasteiger partial charge in [0.25, 0.3) is 0 Å². The molecule has 20 heavy (non-hydrogen) atoms. The van der Waals surface area contributed by atoms with Crippen LogP contribution >= 0.6 is 19.7 Å². The van der Waals surface area contributed by atoms with Gasteiger partial charge in [0.15, 0.2) is 0 Å². The predicted molar refractivity (Wildman–Crippen MR) is 92.7 cm³/mol. The zero-order valence-electron chi connectivity index (χ0n) is 11.8. The third-order valence-corrected chi connectivity index (χ3v) is 2.40. The Balaban J connectivity index is 0.00000115. The summed E-state index contributed by atoms with van der Waals surface area (Å²) < 4.78 is 0. The number of benzene rings is 1. The molecule has 0 aliphatic carbocycles. The van der Waals surface area contributed by atoms with E-state index in [-0.39, 0.29) is 7.43 Å². The average molecular weight is 557 g/mol. The molecular weight excluding hydrogens is 539 g/mol. The van der Waals surface area contributed by atoms with Crippen molar-refractivity contribution in [1.82, 2.24) is 4.98 Å². The molecule has 5 heteroatoms. The molecule has 0 aliphatic heterocycles. The molecule has 0 bridgehead atoms. The van der Waals surface area contributed by atoms with Crippen LogP contribution in [-0.2, 0) is 15.1 Å². The Labute approximate surface area is 142 Å². The van der Waals surface area contributed by atoms with Crippen molar-refractivity contribution in [3.05, 3.63) is 61.8 Å². The second-order valence-electron chi connectivity index (χ2n) is 3.92. The minimum absolute atomic E-state index is 0. The van der Waals surface area contributed by atoms with Gasteiger partial charge in [0, 0.05) is 26.0 Å². The summed E-state index contributed by atoms with van der Waals surface area (Å²) in [4.78, 5) is 10.6. The summed E-state index contributed by atoms with van der Waals surface area (Å²) >= 11 is 4.01. The van der Waals surface area contributed by atoms with Gasteiger partial charge in [-0.1, -0.05) is 6.07 Å². The maximum absolute atomic E-state index is 4.37. The van der Waals surface area contributed by atoms with Gasteiger partial charge >= 0.3 is 34.7 Å². The van der Waals surface area contributed by atoms with Crippen LogP contribution in [0.3, 0.4) is 0 Å². The van der Waals surface area contributed by atoms with Crippen molar-refractivity contribution in [2.45, 2.75) is 0 Å². The Hall–Kier alpha value is -0.794. The summed E-state index contributed by atoms with van der Waals surface area (Å²) in [5.74, 6) is 0. The quantitative estimate of drug-likeness (QED) is 0.321. The molecule has 0 fully saturated rings. The Bertz CT molecular complexity index is 498. The molecule has 3 nitrogen and oxygen atoms in total. The number of hydrogen-bond acceptors (Lipinski definition) is 3. The van der Waals surface area contributed by atoms with Crippen molar-refractivity contribution in [3.8, 4) is 0 Å². The molecule has 0 spiro atoms. The van der Waals surface area contributed by atoms with Crippen LogP contribution in [0.5, 0.6) is 0 Å². The molecule has 0 aliphatic rings. The van der Waals surface area contributed by atoms with Crippen LogP contribution < -0.4 is 4.90 Å². The molecule has 0 atom stereocenters. The zero-order valence-corrected chi connectivity index (χ0v) is 16.5. The van der Waals surface area contributed by atoms with Crippen molar-refractivity contribution in [1.29, 1.82) is 0 Å². The first-order valence-corrected chi connectivity index (χ1v) is 12.8. The van der Waals surface area contributed by atoms with Gasteiger partial charge in [-0.25, -0.2) is 0 Å². The topological polar surface area (TPSA) is 28.5 Å². The van der Waals surface area contributed by atoms with Crippen LogP contribution in [0.4, 0.5) is 11.4 Å². The third-order valence-electron chi connectivity index (χ3n) is 2.40. The van der Waals surface area contributed by atoms with E-state index in [1.54, 1.807) is 12.4 Å². The van der Waals surface area contributed by atoms with E-state index in [0.29, 0.717) is 0 Å². The average Bonchev–Trinajstić information content (AvgIpc) is 2.49.